The fourth-order valence-electron chi connectivity index (χ4n) is 0.732. The minimum Gasteiger partial charge on any atom is -0.412 e. The van der Waals surface area contributed by atoms with E-state index in [-0.39, 0.29) is 0 Å². The summed E-state index contributed by atoms with van der Waals surface area (Å²) in [6, 6.07) is 1.63. The second kappa shape index (κ2) is 1.66. The van der Waals surface area contributed by atoms with Crippen molar-refractivity contribution >= 4 is 0 Å². The molecule has 5 heteroatoms. The van der Waals surface area contributed by atoms with Crippen molar-refractivity contribution in [2.24, 2.45) is 0 Å². The Morgan fingerprint density at radius 2 is 2.30 bits per heavy atom. The molecule has 10 heavy (non-hydrogen) atoms. The van der Waals surface area contributed by atoms with Crippen molar-refractivity contribution in [2.45, 2.75) is 0 Å². The Bertz CT molecular complexity index is 318. The minimum absolute atomic E-state index is 0.449. The Hall–Kier alpha value is -1.65. The van der Waals surface area contributed by atoms with Crippen LogP contribution in [0.3, 0.4) is 0 Å². The van der Waals surface area contributed by atoms with E-state index in [1.807, 2.05) is 0 Å². The van der Waals surface area contributed by atoms with Crippen molar-refractivity contribution in [3.63, 3.8) is 0 Å². The van der Waals surface area contributed by atoms with Gasteiger partial charge in [-0.05, 0) is 6.07 Å². The fourth-order valence-corrected chi connectivity index (χ4v) is 0.732. The van der Waals surface area contributed by atoms with Gasteiger partial charge in [0.2, 0.25) is 5.82 Å². The summed E-state index contributed by atoms with van der Waals surface area (Å²) in [6.45, 7) is 0. The van der Waals surface area contributed by atoms with E-state index >= 15 is 0 Å². The molecule has 0 unspecified atom stereocenters. The highest BCUT2D eigenvalue weighted by Crippen LogP contribution is 2.09. The van der Waals surface area contributed by atoms with E-state index in [2.05, 4.69) is 15.1 Å². The minimum atomic E-state index is 0.449. The quantitative estimate of drug-likeness (QED) is 0.518. The van der Waals surface area contributed by atoms with E-state index in [0.717, 1.165) is 0 Å². The van der Waals surface area contributed by atoms with Crippen LogP contribution < -0.4 is 0 Å². The highest BCUT2D eigenvalue weighted by molar-refractivity contribution is 5.47. The number of imidazole rings is 1. The lowest BCUT2D eigenvalue weighted by molar-refractivity contribution is 0.144. The molecule has 0 aliphatic carbocycles. The molecule has 0 bridgehead atoms. The molecule has 0 aromatic heterocycles. The topological polar surface area (TPSA) is 63.8 Å². The first kappa shape index (κ1) is 5.16. The van der Waals surface area contributed by atoms with Crippen molar-refractivity contribution in [1.82, 2.24) is 19.9 Å². The third-order valence-corrected chi connectivity index (χ3v) is 1.17. The molecule has 0 aromatic rings. The van der Waals surface area contributed by atoms with Crippen molar-refractivity contribution < 1.29 is 5.21 Å². The van der Waals surface area contributed by atoms with Gasteiger partial charge in [0.15, 0.2) is 0 Å². The molecule has 2 heterocycles. The Labute approximate surface area is 56.3 Å². The lowest BCUT2D eigenvalue weighted by atomic mass is 10.4. The first-order valence-electron chi connectivity index (χ1n) is 2.72. The standard InChI is InChI=1S/C5H4N4O/c10-9-2-1-4-5(8-9)7-3-6-4/h1-3,10H. The number of nitrogens with zero attached hydrogens (tertiary/aromatic N) is 4. The normalized spacial score (nSPS) is 10.4. The molecule has 2 aliphatic rings. The average molecular weight is 136 g/mol. The molecule has 0 saturated heterocycles. The second-order valence-electron chi connectivity index (χ2n) is 1.82. The largest absolute Gasteiger partial charge is 0.412 e. The summed E-state index contributed by atoms with van der Waals surface area (Å²) in [6.07, 6.45) is 2.80. The average Bonchev–Trinajstić information content (AvgIpc) is 2.33. The van der Waals surface area contributed by atoms with Crippen LogP contribution in [0.25, 0.3) is 11.5 Å². The first-order valence-corrected chi connectivity index (χ1v) is 2.72. The zero-order valence-electron chi connectivity index (χ0n) is 4.97. The number of aromatic nitrogens is 4. The van der Waals surface area contributed by atoms with Gasteiger partial charge in [0.25, 0.3) is 0 Å². The second-order valence-corrected chi connectivity index (χ2v) is 1.82. The van der Waals surface area contributed by atoms with Crippen molar-refractivity contribution in [3.05, 3.63) is 18.6 Å². The van der Waals surface area contributed by atoms with E-state index in [1.54, 1.807) is 6.07 Å². The molecule has 0 saturated carbocycles. The van der Waals surface area contributed by atoms with E-state index in [1.165, 1.54) is 12.5 Å². The number of rotatable bonds is 0. The van der Waals surface area contributed by atoms with Gasteiger partial charge in [-0.15, -0.1) is 9.94 Å². The molecular formula is C5H4N4O. The zero-order valence-corrected chi connectivity index (χ0v) is 4.97. The molecule has 1 N–H and O–H groups in total. The smallest absolute Gasteiger partial charge is 0.203 e. The number of fused-ring (bicyclic) bond motifs is 1. The molecule has 2 rings (SSSR count). The summed E-state index contributed by atoms with van der Waals surface area (Å²) in [5, 5.41) is 12.4. The molecule has 2 aliphatic heterocycles. The Kier molecular flexibility index (Phi) is 0.858. The number of hydrogen-bond acceptors (Lipinski definition) is 4. The van der Waals surface area contributed by atoms with Crippen LogP contribution in [0.5, 0.6) is 0 Å². The Balaban J connectivity index is 2.75. The monoisotopic (exact) mass is 136 g/mol. The van der Waals surface area contributed by atoms with Crippen molar-refractivity contribution in [2.75, 3.05) is 0 Å². The molecule has 5 nitrogen and oxygen atoms in total. The van der Waals surface area contributed by atoms with Crippen molar-refractivity contribution in [1.29, 1.82) is 0 Å². The molecule has 0 spiro atoms. The summed E-state index contributed by atoms with van der Waals surface area (Å²) < 4.78 is 0. The van der Waals surface area contributed by atoms with Gasteiger partial charge in [-0.3, -0.25) is 0 Å². The fraction of sp³-hybridized carbons (Fsp3) is 0. The molecule has 50 valence electrons. The third-order valence-electron chi connectivity index (χ3n) is 1.17. The Morgan fingerprint density at radius 3 is 3.20 bits per heavy atom. The summed E-state index contributed by atoms with van der Waals surface area (Å²) in [5.74, 6) is 0.449. The molecule has 0 radical (unpaired) electrons. The molecule has 0 amide bonds. The van der Waals surface area contributed by atoms with E-state index in [4.69, 9.17) is 5.21 Å². The maximum Gasteiger partial charge on any atom is 0.203 e. The van der Waals surface area contributed by atoms with Crippen LogP contribution in [0.1, 0.15) is 0 Å². The highest BCUT2D eigenvalue weighted by Gasteiger charge is 2.05. The van der Waals surface area contributed by atoms with E-state index in [0.29, 0.717) is 16.4 Å². The number of hydrogen-bond donors (Lipinski definition) is 1. The third kappa shape index (κ3) is 0.604. The van der Waals surface area contributed by atoms with Gasteiger partial charge in [0.05, 0.1) is 6.20 Å². The maximum absolute atomic E-state index is 8.79. The predicted molar refractivity (Wildman–Crippen MR) is 31.6 cm³/mol. The van der Waals surface area contributed by atoms with Gasteiger partial charge >= 0.3 is 0 Å². The SMILES string of the molecule is On1ccc2ncnc-2n1. The Morgan fingerprint density at radius 1 is 1.40 bits per heavy atom. The van der Waals surface area contributed by atoms with Gasteiger partial charge in [0, 0.05) is 0 Å². The summed E-state index contributed by atoms with van der Waals surface area (Å²) >= 11 is 0. The van der Waals surface area contributed by atoms with Gasteiger partial charge in [0.1, 0.15) is 12.0 Å². The molecule has 0 atom stereocenters. The molecule has 0 fully saturated rings. The first-order chi connectivity index (χ1) is 4.86. The summed E-state index contributed by atoms with van der Waals surface area (Å²) in [7, 11) is 0. The van der Waals surface area contributed by atoms with Crippen LogP contribution in [0, 0.1) is 0 Å². The van der Waals surface area contributed by atoms with Crippen LogP contribution in [0.4, 0.5) is 0 Å². The van der Waals surface area contributed by atoms with Crippen LogP contribution in [0.15, 0.2) is 18.6 Å². The van der Waals surface area contributed by atoms with E-state index in [9.17, 15) is 0 Å². The van der Waals surface area contributed by atoms with Crippen LogP contribution >= 0.6 is 0 Å². The van der Waals surface area contributed by atoms with Crippen LogP contribution in [-0.4, -0.2) is 25.1 Å². The van der Waals surface area contributed by atoms with Gasteiger partial charge in [-0.25, -0.2) is 9.97 Å². The highest BCUT2D eigenvalue weighted by atomic mass is 16.5. The lowest BCUT2D eigenvalue weighted by Gasteiger charge is -1.95. The molecule has 0 aromatic carbocycles. The summed E-state index contributed by atoms with van der Waals surface area (Å²) in [5.41, 5.74) is 0.685. The van der Waals surface area contributed by atoms with Gasteiger partial charge in [-0.2, -0.15) is 0 Å². The lowest BCUT2D eigenvalue weighted by Crippen LogP contribution is -1.99. The van der Waals surface area contributed by atoms with Crippen LogP contribution in [0.2, 0.25) is 0 Å². The van der Waals surface area contributed by atoms with E-state index < -0.39 is 0 Å². The van der Waals surface area contributed by atoms with Crippen molar-refractivity contribution in [3.8, 4) is 11.5 Å². The van der Waals surface area contributed by atoms with Gasteiger partial charge < -0.3 is 5.21 Å². The zero-order chi connectivity index (χ0) is 6.97. The van der Waals surface area contributed by atoms with Crippen LogP contribution in [-0.2, 0) is 0 Å². The molecular weight excluding hydrogens is 132 g/mol. The maximum atomic E-state index is 8.79. The summed E-state index contributed by atoms with van der Waals surface area (Å²) in [4.78, 5) is 8.34. The van der Waals surface area contributed by atoms with Gasteiger partial charge in [-0.1, -0.05) is 0 Å². The predicted octanol–water partition coefficient (Wildman–Crippen LogP) is 0.0152.